The molecule has 0 unspecified atom stereocenters. The van der Waals surface area contributed by atoms with Crippen molar-refractivity contribution in [3.63, 3.8) is 0 Å². The molecule has 0 aliphatic carbocycles. The molecule has 2 amide bonds. The third-order valence-corrected chi connectivity index (χ3v) is 4.66. The summed E-state index contributed by atoms with van der Waals surface area (Å²) in [6, 6.07) is 9.12. The third-order valence-electron chi connectivity index (χ3n) is 4.07. The zero-order chi connectivity index (χ0) is 17.6. The van der Waals surface area contributed by atoms with E-state index in [-0.39, 0.29) is 6.03 Å². The lowest BCUT2D eigenvalue weighted by molar-refractivity contribution is 0.240. The molecule has 1 aromatic heterocycles. The van der Waals surface area contributed by atoms with Gasteiger partial charge in [0.15, 0.2) is 0 Å². The van der Waals surface area contributed by atoms with Gasteiger partial charge in [0.25, 0.3) is 0 Å². The number of anilines is 1. The van der Waals surface area contributed by atoms with Crippen LogP contribution in [-0.4, -0.2) is 24.1 Å². The number of benzene rings is 1. The van der Waals surface area contributed by atoms with Crippen LogP contribution in [-0.2, 0) is 19.4 Å². The summed E-state index contributed by atoms with van der Waals surface area (Å²) in [5.41, 5.74) is 3.05. The van der Waals surface area contributed by atoms with Crippen molar-refractivity contribution in [2.24, 2.45) is 0 Å². The number of aromatic nitrogens is 1. The number of rotatable bonds is 5. The van der Waals surface area contributed by atoms with Crippen LogP contribution in [0.25, 0.3) is 0 Å². The van der Waals surface area contributed by atoms with E-state index in [0.29, 0.717) is 29.6 Å². The zero-order valence-electron chi connectivity index (χ0n) is 13.7. The summed E-state index contributed by atoms with van der Waals surface area (Å²) in [5, 5.41) is 10.0. The molecule has 0 atom stereocenters. The largest absolute Gasteiger partial charge is 0.370 e. The number of nitrogens with zero attached hydrogens (tertiary/aromatic N) is 1. The van der Waals surface area contributed by atoms with Gasteiger partial charge in [-0.3, -0.25) is 0 Å². The number of carbonyl (C=O) groups excluding carboxylic acids is 1. The standard InChI is InChI=1S/C18H20Cl2N4O/c19-14-5-3-13(16(20)10-14)11-23-18(25)22-9-7-15-6-4-12-2-1-8-21-17(12)24-15/h3-6,10H,1-2,7-9,11H2,(H,21,24)(H2,22,23,25). The normalized spacial score (nSPS) is 12.9. The third kappa shape index (κ3) is 5.00. The highest BCUT2D eigenvalue weighted by Crippen LogP contribution is 2.21. The Hall–Kier alpha value is -1.98. The summed E-state index contributed by atoms with van der Waals surface area (Å²) >= 11 is 11.9. The van der Waals surface area contributed by atoms with Crippen molar-refractivity contribution in [1.29, 1.82) is 0 Å². The molecule has 0 spiro atoms. The van der Waals surface area contributed by atoms with E-state index in [0.717, 1.165) is 36.5 Å². The van der Waals surface area contributed by atoms with E-state index < -0.39 is 0 Å². The maximum absolute atomic E-state index is 11.9. The van der Waals surface area contributed by atoms with Gasteiger partial charge < -0.3 is 16.0 Å². The van der Waals surface area contributed by atoms with Gasteiger partial charge in [0.1, 0.15) is 5.82 Å². The summed E-state index contributed by atoms with van der Waals surface area (Å²) in [4.78, 5) is 16.5. The quantitative estimate of drug-likeness (QED) is 0.741. The van der Waals surface area contributed by atoms with Gasteiger partial charge in [-0.1, -0.05) is 35.3 Å². The lowest BCUT2D eigenvalue weighted by Gasteiger charge is -2.17. The van der Waals surface area contributed by atoms with E-state index in [1.165, 1.54) is 5.56 Å². The minimum Gasteiger partial charge on any atom is -0.370 e. The van der Waals surface area contributed by atoms with Crippen LogP contribution in [0.2, 0.25) is 10.0 Å². The molecule has 7 heteroatoms. The van der Waals surface area contributed by atoms with Crippen molar-refractivity contribution in [2.75, 3.05) is 18.4 Å². The Kier molecular flexibility index (Phi) is 6.00. The molecule has 0 fully saturated rings. The molecule has 0 bridgehead atoms. The van der Waals surface area contributed by atoms with Gasteiger partial charge in [-0.2, -0.15) is 0 Å². The molecule has 5 nitrogen and oxygen atoms in total. The molecule has 0 saturated heterocycles. The van der Waals surface area contributed by atoms with Gasteiger partial charge in [0.2, 0.25) is 0 Å². The number of hydrogen-bond acceptors (Lipinski definition) is 3. The number of amides is 2. The molecular formula is C18H20Cl2N4O. The van der Waals surface area contributed by atoms with Gasteiger partial charge in [-0.15, -0.1) is 0 Å². The highest BCUT2D eigenvalue weighted by atomic mass is 35.5. The van der Waals surface area contributed by atoms with Gasteiger partial charge in [-0.05, 0) is 42.2 Å². The Balaban J connectivity index is 1.43. The van der Waals surface area contributed by atoms with Gasteiger partial charge >= 0.3 is 6.03 Å². The molecule has 0 saturated carbocycles. The van der Waals surface area contributed by atoms with Crippen LogP contribution in [0.15, 0.2) is 30.3 Å². The van der Waals surface area contributed by atoms with Crippen LogP contribution in [0.3, 0.4) is 0 Å². The summed E-state index contributed by atoms with van der Waals surface area (Å²) in [6.45, 7) is 1.84. The fourth-order valence-corrected chi connectivity index (χ4v) is 3.19. The maximum Gasteiger partial charge on any atom is 0.315 e. The molecule has 132 valence electrons. The fraction of sp³-hybridized carbons (Fsp3) is 0.333. The topological polar surface area (TPSA) is 66.0 Å². The van der Waals surface area contributed by atoms with Gasteiger partial charge in [-0.25, -0.2) is 9.78 Å². The van der Waals surface area contributed by atoms with Crippen molar-refractivity contribution in [1.82, 2.24) is 15.6 Å². The number of hydrogen-bond donors (Lipinski definition) is 3. The Bertz CT molecular complexity index is 767. The predicted molar refractivity (Wildman–Crippen MR) is 101 cm³/mol. The van der Waals surface area contributed by atoms with Crippen molar-refractivity contribution in [3.05, 3.63) is 57.2 Å². The van der Waals surface area contributed by atoms with E-state index in [9.17, 15) is 4.79 Å². The van der Waals surface area contributed by atoms with Crippen LogP contribution < -0.4 is 16.0 Å². The zero-order valence-corrected chi connectivity index (χ0v) is 15.3. The highest BCUT2D eigenvalue weighted by Gasteiger charge is 2.10. The molecule has 1 aliphatic heterocycles. The monoisotopic (exact) mass is 378 g/mol. The number of aryl methyl sites for hydroxylation is 1. The molecule has 1 aliphatic rings. The van der Waals surface area contributed by atoms with Crippen molar-refractivity contribution in [2.45, 2.75) is 25.8 Å². The van der Waals surface area contributed by atoms with E-state index in [1.54, 1.807) is 18.2 Å². The molecule has 3 N–H and O–H groups in total. The Morgan fingerprint density at radius 1 is 1.20 bits per heavy atom. The summed E-state index contributed by atoms with van der Waals surface area (Å²) in [7, 11) is 0. The highest BCUT2D eigenvalue weighted by molar-refractivity contribution is 6.35. The van der Waals surface area contributed by atoms with Crippen LogP contribution in [0.4, 0.5) is 10.6 Å². The first-order valence-corrected chi connectivity index (χ1v) is 9.06. The first kappa shape index (κ1) is 17.8. The Labute approximate surface area is 157 Å². The lowest BCUT2D eigenvalue weighted by Crippen LogP contribution is -2.36. The smallest absolute Gasteiger partial charge is 0.315 e. The van der Waals surface area contributed by atoms with Crippen LogP contribution in [0.5, 0.6) is 0 Å². The second-order valence-electron chi connectivity index (χ2n) is 5.94. The second-order valence-corrected chi connectivity index (χ2v) is 6.78. The molecule has 25 heavy (non-hydrogen) atoms. The number of carbonyl (C=O) groups is 1. The van der Waals surface area contributed by atoms with Crippen LogP contribution in [0.1, 0.15) is 23.2 Å². The van der Waals surface area contributed by atoms with E-state index >= 15 is 0 Å². The summed E-state index contributed by atoms with van der Waals surface area (Å²) < 4.78 is 0. The molecule has 2 aromatic rings. The number of pyridine rings is 1. The summed E-state index contributed by atoms with van der Waals surface area (Å²) in [5.74, 6) is 0.977. The molecule has 1 aromatic carbocycles. The van der Waals surface area contributed by atoms with E-state index in [2.05, 4.69) is 27.0 Å². The van der Waals surface area contributed by atoms with Crippen molar-refractivity contribution < 1.29 is 4.79 Å². The number of urea groups is 1. The number of halogens is 2. The Morgan fingerprint density at radius 2 is 2.08 bits per heavy atom. The minimum atomic E-state index is -0.234. The maximum atomic E-state index is 11.9. The first-order valence-electron chi connectivity index (χ1n) is 8.30. The average molecular weight is 379 g/mol. The second kappa shape index (κ2) is 8.41. The molecule has 2 heterocycles. The lowest BCUT2D eigenvalue weighted by atomic mass is 10.1. The summed E-state index contributed by atoms with van der Waals surface area (Å²) in [6.07, 6.45) is 2.90. The van der Waals surface area contributed by atoms with Gasteiger partial charge in [0.05, 0.1) is 0 Å². The van der Waals surface area contributed by atoms with Crippen molar-refractivity contribution >= 4 is 35.1 Å². The van der Waals surface area contributed by atoms with Crippen LogP contribution >= 0.6 is 23.2 Å². The average Bonchev–Trinajstić information content (AvgIpc) is 2.61. The SMILES string of the molecule is O=C(NCCc1ccc2c(n1)NCCC2)NCc1ccc(Cl)cc1Cl. The molecular weight excluding hydrogens is 359 g/mol. The van der Waals surface area contributed by atoms with Crippen LogP contribution in [0, 0.1) is 0 Å². The molecule has 3 rings (SSSR count). The molecule has 0 radical (unpaired) electrons. The number of fused-ring (bicyclic) bond motifs is 1. The van der Waals surface area contributed by atoms with E-state index in [1.807, 2.05) is 6.07 Å². The Morgan fingerprint density at radius 3 is 2.92 bits per heavy atom. The predicted octanol–water partition coefficient (Wildman–Crippen LogP) is 3.79. The van der Waals surface area contributed by atoms with Gasteiger partial charge in [0, 0.05) is 41.8 Å². The minimum absolute atomic E-state index is 0.234. The number of nitrogens with one attached hydrogen (secondary N) is 3. The van der Waals surface area contributed by atoms with E-state index in [4.69, 9.17) is 23.2 Å². The first-order chi connectivity index (χ1) is 12.1. The fourth-order valence-electron chi connectivity index (χ4n) is 2.72. The van der Waals surface area contributed by atoms with Crippen molar-refractivity contribution in [3.8, 4) is 0 Å².